The lowest BCUT2D eigenvalue weighted by atomic mass is 9.86. The third-order valence-corrected chi connectivity index (χ3v) is 3.27. The molecule has 0 aromatic heterocycles. The van der Waals surface area contributed by atoms with E-state index in [1.165, 1.54) is 5.56 Å². The maximum absolute atomic E-state index is 6.19. The van der Waals surface area contributed by atoms with Crippen LogP contribution in [0.4, 0.5) is 0 Å². The van der Waals surface area contributed by atoms with E-state index in [9.17, 15) is 0 Å². The number of hydrogen-bond donors (Lipinski definition) is 1. The highest BCUT2D eigenvalue weighted by Gasteiger charge is 2.18. The molecule has 0 saturated carbocycles. The maximum Gasteiger partial charge on any atom is 0.0761 e. The first-order valence-electron chi connectivity index (χ1n) is 6.29. The predicted molar refractivity (Wildman–Crippen MR) is 73.2 cm³/mol. The highest BCUT2D eigenvalue weighted by atomic mass is 16.5. The topological polar surface area (TPSA) is 35.2 Å². The van der Waals surface area contributed by atoms with Crippen LogP contribution in [-0.4, -0.2) is 13.2 Å². The third kappa shape index (κ3) is 3.55. The minimum absolute atomic E-state index is 0.0426. The van der Waals surface area contributed by atoms with Crippen molar-refractivity contribution in [3.05, 3.63) is 35.4 Å². The molecular weight excluding hydrogens is 210 g/mol. The number of nitrogens with two attached hydrogens (primary N) is 1. The Hall–Kier alpha value is -0.860. The fraction of sp³-hybridized carbons (Fsp3) is 0.600. The summed E-state index contributed by atoms with van der Waals surface area (Å²) in [5, 5.41) is 0. The summed E-state index contributed by atoms with van der Waals surface area (Å²) < 4.78 is 5.39. The molecule has 0 saturated heterocycles. The summed E-state index contributed by atoms with van der Waals surface area (Å²) in [5.41, 5.74) is 8.86. The first-order chi connectivity index (χ1) is 7.90. The molecule has 0 amide bonds. The van der Waals surface area contributed by atoms with Crippen LogP contribution in [0.2, 0.25) is 0 Å². The number of hydrogen-bond acceptors (Lipinski definition) is 2. The van der Waals surface area contributed by atoms with Gasteiger partial charge in [-0.2, -0.15) is 0 Å². The van der Waals surface area contributed by atoms with Crippen LogP contribution in [0, 0.1) is 0 Å². The van der Waals surface area contributed by atoms with Crippen LogP contribution >= 0.6 is 0 Å². The Balaban J connectivity index is 2.87. The van der Waals surface area contributed by atoms with E-state index < -0.39 is 0 Å². The van der Waals surface area contributed by atoms with E-state index in [0.717, 1.165) is 12.0 Å². The summed E-state index contributed by atoms with van der Waals surface area (Å²) >= 11 is 0. The van der Waals surface area contributed by atoms with Gasteiger partial charge in [-0.15, -0.1) is 0 Å². The van der Waals surface area contributed by atoms with Crippen molar-refractivity contribution in [3.8, 4) is 0 Å². The van der Waals surface area contributed by atoms with Crippen LogP contribution in [0.3, 0.4) is 0 Å². The highest BCUT2D eigenvalue weighted by molar-refractivity contribution is 5.29. The molecule has 17 heavy (non-hydrogen) atoms. The van der Waals surface area contributed by atoms with Gasteiger partial charge < -0.3 is 10.5 Å². The van der Waals surface area contributed by atoms with E-state index >= 15 is 0 Å². The minimum Gasteiger partial charge on any atom is -0.379 e. The summed E-state index contributed by atoms with van der Waals surface area (Å²) in [6, 6.07) is 8.52. The highest BCUT2D eigenvalue weighted by Crippen LogP contribution is 2.25. The van der Waals surface area contributed by atoms with Crippen LogP contribution in [0.25, 0.3) is 0 Å². The van der Waals surface area contributed by atoms with Crippen molar-refractivity contribution in [1.82, 2.24) is 0 Å². The molecule has 0 aliphatic rings. The summed E-state index contributed by atoms with van der Waals surface area (Å²) in [6.07, 6.45) is 1.02. The molecule has 0 aliphatic carbocycles. The molecule has 2 unspecified atom stereocenters. The third-order valence-electron chi connectivity index (χ3n) is 3.27. The fourth-order valence-corrected chi connectivity index (χ4v) is 1.99. The van der Waals surface area contributed by atoms with Crippen molar-refractivity contribution < 1.29 is 4.74 Å². The lowest BCUT2D eigenvalue weighted by Crippen LogP contribution is -2.27. The fourth-order valence-electron chi connectivity index (χ4n) is 1.99. The largest absolute Gasteiger partial charge is 0.379 e. The van der Waals surface area contributed by atoms with E-state index in [-0.39, 0.29) is 17.6 Å². The monoisotopic (exact) mass is 235 g/mol. The van der Waals surface area contributed by atoms with Gasteiger partial charge in [0.05, 0.1) is 12.1 Å². The molecule has 0 radical (unpaired) electrons. The van der Waals surface area contributed by atoms with Gasteiger partial charge >= 0.3 is 0 Å². The molecule has 0 spiro atoms. The Labute approximate surface area is 105 Å². The smallest absolute Gasteiger partial charge is 0.0761 e. The van der Waals surface area contributed by atoms with Crippen molar-refractivity contribution >= 4 is 0 Å². The quantitative estimate of drug-likeness (QED) is 0.868. The zero-order valence-electron chi connectivity index (χ0n) is 11.7. The van der Waals surface area contributed by atoms with Crippen LogP contribution in [0.1, 0.15) is 51.3 Å². The molecule has 96 valence electrons. The van der Waals surface area contributed by atoms with E-state index in [0.29, 0.717) is 0 Å². The molecule has 1 aromatic carbocycles. The van der Waals surface area contributed by atoms with Crippen LogP contribution in [0.15, 0.2) is 24.3 Å². The van der Waals surface area contributed by atoms with E-state index in [4.69, 9.17) is 10.5 Å². The van der Waals surface area contributed by atoms with Gasteiger partial charge in [0.1, 0.15) is 0 Å². The SMILES string of the molecule is CCC(OC)C(N)c1ccc(C(C)(C)C)cc1. The van der Waals surface area contributed by atoms with E-state index in [2.05, 4.69) is 52.0 Å². The zero-order chi connectivity index (χ0) is 13.1. The minimum atomic E-state index is -0.0426. The summed E-state index contributed by atoms with van der Waals surface area (Å²) in [5.74, 6) is 0. The van der Waals surface area contributed by atoms with Crippen molar-refractivity contribution in [2.24, 2.45) is 5.73 Å². The maximum atomic E-state index is 6.19. The number of rotatable bonds is 4. The molecule has 0 aliphatic heterocycles. The molecule has 0 fully saturated rings. The second-order valence-electron chi connectivity index (χ2n) is 5.58. The molecular formula is C15H25NO. The van der Waals surface area contributed by atoms with Gasteiger partial charge in [0.15, 0.2) is 0 Å². The lowest BCUT2D eigenvalue weighted by Gasteiger charge is -2.23. The second kappa shape index (κ2) is 5.65. The molecule has 1 aromatic rings. The number of methoxy groups -OCH3 is 1. The Kier molecular flexibility index (Phi) is 4.72. The molecule has 2 heteroatoms. The summed E-state index contributed by atoms with van der Waals surface area (Å²) in [4.78, 5) is 0. The standard InChI is InChI=1S/C15H25NO/c1-6-13(17-5)14(16)11-7-9-12(10-8-11)15(2,3)4/h7-10,13-14H,6,16H2,1-5H3. The normalized spacial score (nSPS) is 15.6. The number of ether oxygens (including phenoxy) is 1. The van der Waals surface area contributed by atoms with Gasteiger partial charge in [-0.3, -0.25) is 0 Å². The zero-order valence-corrected chi connectivity index (χ0v) is 11.7. The van der Waals surface area contributed by atoms with Crippen LogP contribution in [0.5, 0.6) is 0 Å². The molecule has 2 N–H and O–H groups in total. The van der Waals surface area contributed by atoms with Gasteiger partial charge in [0.2, 0.25) is 0 Å². The molecule has 2 atom stereocenters. The van der Waals surface area contributed by atoms with Crippen molar-refractivity contribution in [3.63, 3.8) is 0 Å². The van der Waals surface area contributed by atoms with Gasteiger partial charge in [-0.1, -0.05) is 52.0 Å². The molecule has 0 heterocycles. The molecule has 1 rings (SSSR count). The van der Waals surface area contributed by atoms with Gasteiger partial charge in [0.25, 0.3) is 0 Å². The Morgan fingerprint density at radius 1 is 1.18 bits per heavy atom. The summed E-state index contributed by atoms with van der Waals surface area (Å²) in [7, 11) is 1.72. The average Bonchev–Trinajstić information content (AvgIpc) is 2.29. The Morgan fingerprint density at radius 3 is 2.06 bits per heavy atom. The Bertz CT molecular complexity index is 333. The van der Waals surface area contributed by atoms with Crippen LogP contribution < -0.4 is 5.73 Å². The predicted octanol–water partition coefficient (Wildman–Crippen LogP) is 3.41. The number of benzene rings is 1. The first-order valence-corrected chi connectivity index (χ1v) is 6.29. The van der Waals surface area contributed by atoms with Crippen molar-refractivity contribution in [2.45, 2.75) is 51.7 Å². The van der Waals surface area contributed by atoms with Gasteiger partial charge in [-0.05, 0) is 23.0 Å². The Morgan fingerprint density at radius 2 is 1.71 bits per heavy atom. The average molecular weight is 235 g/mol. The first kappa shape index (κ1) is 14.2. The molecule has 0 bridgehead atoms. The second-order valence-corrected chi connectivity index (χ2v) is 5.58. The lowest BCUT2D eigenvalue weighted by molar-refractivity contribution is 0.0772. The van der Waals surface area contributed by atoms with Gasteiger partial charge in [0, 0.05) is 7.11 Å². The van der Waals surface area contributed by atoms with E-state index in [1.807, 2.05) is 0 Å². The summed E-state index contributed by atoms with van der Waals surface area (Å²) in [6.45, 7) is 8.74. The molecule has 2 nitrogen and oxygen atoms in total. The van der Waals surface area contributed by atoms with Crippen molar-refractivity contribution in [1.29, 1.82) is 0 Å². The van der Waals surface area contributed by atoms with Crippen molar-refractivity contribution in [2.75, 3.05) is 7.11 Å². The van der Waals surface area contributed by atoms with Crippen LogP contribution in [-0.2, 0) is 10.2 Å². The van der Waals surface area contributed by atoms with E-state index in [1.54, 1.807) is 7.11 Å². The van der Waals surface area contributed by atoms with Gasteiger partial charge in [-0.25, -0.2) is 0 Å².